The largest absolute Gasteiger partial charge is 0.493 e. The minimum atomic E-state index is -4.61. The second kappa shape index (κ2) is 8.52. The van der Waals surface area contributed by atoms with Gasteiger partial charge in [-0.15, -0.1) is 0 Å². The molecule has 0 unspecified atom stereocenters. The number of ether oxygens (including phenoxy) is 2. The van der Waals surface area contributed by atoms with Crippen molar-refractivity contribution < 1.29 is 22.6 Å². The summed E-state index contributed by atoms with van der Waals surface area (Å²) in [5.74, 6) is 0.908. The van der Waals surface area contributed by atoms with Crippen LogP contribution in [0.4, 0.5) is 13.2 Å². The molecule has 0 amide bonds. The molecule has 0 saturated heterocycles. The maximum Gasteiger partial charge on any atom is 0.433 e. The number of aromatic nitrogens is 2. The third-order valence-corrected chi connectivity index (χ3v) is 4.63. The van der Waals surface area contributed by atoms with Crippen LogP contribution in [-0.2, 0) is 11.9 Å². The van der Waals surface area contributed by atoms with Crippen molar-refractivity contribution in [1.29, 1.82) is 0 Å². The van der Waals surface area contributed by atoms with Crippen molar-refractivity contribution in [3.05, 3.63) is 71.4 Å². The fourth-order valence-corrected chi connectivity index (χ4v) is 3.22. The van der Waals surface area contributed by atoms with E-state index >= 15 is 0 Å². The Kier molecular flexibility index (Phi) is 6.08. The molecule has 3 rings (SSSR count). The van der Waals surface area contributed by atoms with E-state index in [0.29, 0.717) is 11.5 Å². The van der Waals surface area contributed by atoms with Crippen LogP contribution in [0.2, 0.25) is 0 Å². The summed E-state index contributed by atoms with van der Waals surface area (Å²) < 4.78 is 50.5. The average molecular weight is 406 g/mol. The molecule has 0 radical (unpaired) electrons. The summed E-state index contributed by atoms with van der Waals surface area (Å²) in [6.07, 6.45) is -4.61. The standard InChI is InChI=1S/C20H17F3N2O2S/c1-13-6-5-7-14(10-13)12-28-19-24-17(20(21,22)23)11-18(25-19)27-16-9-4-3-8-15(16)26-2/h3-11H,12H2,1-2H3. The van der Waals surface area contributed by atoms with Crippen LogP contribution >= 0.6 is 11.8 Å². The highest BCUT2D eigenvalue weighted by atomic mass is 32.2. The van der Waals surface area contributed by atoms with Gasteiger partial charge >= 0.3 is 6.18 Å². The van der Waals surface area contributed by atoms with Gasteiger partial charge in [0.1, 0.15) is 0 Å². The third-order valence-electron chi connectivity index (χ3n) is 3.71. The maximum atomic E-state index is 13.3. The van der Waals surface area contributed by atoms with Crippen LogP contribution in [0.5, 0.6) is 17.4 Å². The van der Waals surface area contributed by atoms with E-state index in [1.165, 1.54) is 7.11 Å². The van der Waals surface area contributed by atoms with E-state index in [2.05, 4.69) is 9.97 Å². The first-order valence-electron chi connectivity index (χ1n) is 8.30. The van der Waals surface area contributed by atoms with Gasteiger partial charge in [0.25, 0.3) is 0 Å². The van der Waals surface area contributed by atoms with E-state index in [-0.39, 0.29) is 16.8 Å². The molecule has 1 heterocycles. The summed E-state index contributed by atoms with van der Waals surface area (Å²) in [6.45, 7) is 1.95. The highest BCUT2D eigenvalue weighted by Crippen LogP contribution is 2.35. The SMILES string of the molecule is COc1ccccc1Oc1cc(C(F)(F)F)nc(SCc2cccc(C)c2)n1. The topological polar surface area (TPSA) is 44.2 Å². The Balaban J connectivity index is 1.88. The van der Waals surface area contributed by atoms with Gasteiger partial charge < -0.3 is 9.47 Å². The fraction of sp³-hybridized carbons (Fsp3) is 0.200. The summed E-state index contributed by atoms with van der Waals surface area (Å²) in [5.41, 5.74) is 0.987. The van der Waals surface area contributed by atoms with Crippen LogP contribution in [0.25, 0.3) is 0 Å². The number of para-hydroxylation sites is 2. The van der Waals surface area contributed by atoms with Crippen LogP contribution in [0, 0.1) is 6.92 Å². The van der Waals surface area contributed by atoms with Gasteiger partial charge in [-0.25, -0.2) is 4.98 Å². The lowest BCUT2D eigenvalue weighted by Gasteiger charge is -2.12. The zero-order valence-corrected chi connectivity index (χ0v) is 16.0. The van der Waals surface area contributed by atoms with Gasteiger partial charge in [0.05, 0.1) is 7.11 Å². The molecule has 0 N–H and O–H groups in total. The Labute approximate surface area is 164 Å². The minimum absolute atomic E-state index is 0.0128. The normalized spacial score (nSPS) is 11.3. The summed E-state index contributed by atoms with van der Waals surface area (Å²) >= 11 is 1.11. The Morgan fingerprint density at radius 1 is 0.964 bits per heavy atom. The Morgan fingerprint density at radius 3 is 2.39 bits per heavy atom. The Hall–Kier alpha value is -2.74. The molecule has 0 saturated carbocycles. The van der Waals surface area contributed by atoms with Crippen molar-refractivity contribution in [2.24, 2.45) is 0 Å². The average Bonchev–Trinajstić information content (AvgIpc) is 2.66. The first-order chi connectivity index (χ1) is 13.3. The lowest BCUT2D eigenvalue weighted by molar-refractivity contribution is -0.141. The number of rotatable bonds is 6. The van der Waals surface area contributed by atoms with Crippen LogP contribution in [-0.4, -0.2) is 17.1 Å². The molecule has 146 valence electrons. The molecule has 0 aliphatic rings. The van der Waals surface area contributed by atoms with Crippen LogP contribution in [0.15, 0.2) is 59.8 Å². The maximum absolute atomic E-state index is 13.3. The molecule has 4 nitrogen and oxygen atoms in total. The second-order valence-electron chi connectivity index (χ2n) is 5.90. The van der Waals surface area contributed by atoms with Crippen LogP contribution in [0.3, 0.4) is 0 Å². The molecule has 28 heavy (non-hydrogen) atoms. The molecule has 0 atom stereocenters. The number of halogens is 3. The van der Waals surface area contributed by atoms with Gasteiger partial charge in [-0.2, -0.15) is 18.2 Å². The van der Waals surface area contributed by atoms with E-state index < -0.39 is 11.9 Å². The molecular weight excluding hydrogens is 389 g/mol. The van der Waals surface area contributed by atoms with Crippen molar-refractivity contribution in [2.75, 3.05) is 7.11 Å². The molecule has 1 aromatic heterocycles. The first kappa shape index (κ1) is 20.0. The zero-order chi connectivity index (χ0) is 20.1. The number of alkyl halides is 3. The summed E-state index contributed by atoms with van der Waals surface area (Å²) in [4.78, 5) is 7.77. The minimum Gasteiger partial charge on any atom is -0.493 e. The molecule has 0 aliphatic heterocycles. The van der Waals surface area contributed by atoms with Gasteiger partial charge in [-0.1, -0.05) is 53.7 Å². The zero-order valence-electron chi connectivity index (χ0n) is 15.2. The Bertz CT molecular complexity index is 964. The monoisotopic (exact) mass is 406 g/mol. The van der Waals surface area contributed by atoms with Crippen molar-refractivity contribution in [1.82, 2.24) is 9.97 Å². The second-order valence-corrected chi connectivity index (χ2v) is 6.84. The molecule has 8 heteroatoms. The van der Waals surface area contributed by atoms with Crippen LogP contribution in [0.1, 0.15) is 16.8 Å². The summed E-state index contributed by atoms with van der Waals surface area (Å²) in [6, 6.07) is 15.2. The summed E-state index contributed by atoms with van der Waals surface area (Å²) in [7, 11) is 1.45. The smallest absolute Gasteiger partial charge is 0.433 e. The number of thioether (sulfide) groups is 1. The van der Waals surface area contributed by atoms with Gasteiger partial charge in [0, 0.05) is 11.8 Å². The molecule has 0 spiro atoms. The number of methoxy groups -OCH3 is 1. The van der Waals surface area contributed by atoms with E-state index in [9.17, 15) is 13.2 Å². The van der Waals surface area contributed by atoms with Crippen LogP contribution < -0.4 is 9.47 Å². The number of benzene rings is 2. The number of aryl methyl sites for hydroxylation is 1. The molecular formula is C20H17F3N2O2S. The van der Waals surface area contributed by atoms with Gasteiger partial charge in [-0.05, 0) is 24.6 Å². The van der Waals surface area contributed by atoms with Crippen molar-refractivity contribution in [2.45, 2.75) is 24.0 Å². The third kappa shape index (κ3) is 5.16. The highest BCUT2D eigenvalue weighted by Gasteiger charge is 2.34. The van der Waals surface area contributed by atoms with E-state index in [1.54, 1.807) is 24.3 Å². The quantitative estimate of drug-likeness (QED) is 0.377. The number of nitrogens with zero attached hydrogens (tertiary/aromatic N) is 2. The van der Waals surface area contributed by atoms with Crippen molar-refractivity contribution in [3.63, 3.8) is 0 Å². The fourth-order valence-electron chi connectivity index (χ4n) is 2.43. The molecule has 0 fully saturated rings. The van der Waals surface area contributed by atoms with E-state index in [1.807, 2.05) is 31.2 Å². The predicted molar refractivity (Wildman–Crippen MR) is 101 cm³/mol. The molecule has 0 aliphatic carbocycles. The highest BCUT2D eigenvalue weighted by molar-refractivity contribution is 7.98. The number of hydrogen-bond acceptors (Lipinski definition) is 5. The lowest BCUT2D eigenvalue weighted by atomic mass is 10.2. The predicted octanol–water partition coefficient (Wildman–Crippen LogP) is 5.90. The number of hydrogen-bond donors (Lipinski definition) is 0. The van der Waals surface area contributed by atoms with Gasteiger partial charge in [0.15, 0.2) is 22.3 Å². The first-order valence-corrected chi connectivity index (χ1v) is 9.29. The summed E-state index contributed by atoms with van der Waals surface area (Å²) in [5, 5.41) is -0.0128. The van der Waals surface area contributed by atoms with Gasteiger partial charge in [-0.3, -0.25) is 0 Å². The molecule has 0 bridgehead atoms. The van der Waals surface area contributed by atoms with E-state index in [4.69, 9.17) is 9.47 Å². The molecule has 2 aromatic carbocycles. The molecule has 3 aromatic rings. The lowest BCUT2D eigenvalue weighted by Crippen LogP contribution is -2.10. The van der Waals surface area contributed by atoms with E-state index in [0.717, 1.165) is 29.0 Å². The Morgan fingerprint density at radius 2 is 1.71 bits per heavy atom. The van der Waals surface area contributed by atoms with Gasteiger partial charge in [0.2, 0.25) is 5.88 Å². The van der Waals surface area contributed by atoms with Crippen molar-refractivity contribution in [3.8, 4) is 17.4 Å². The van der Waals surface area contributed by atoms with Crippen molar-refractivity contribution >= 4 is 11.8 Å².